The van der Waals surface area contributed by atoms with Crippen LogP contribution in [0.3, 0.4) is 0 Å². The van der Waals surface area contributed by atoms with Crippen molar-refractivity contribution >= 4 is 23.4 Å². The summed E-state index contributed by atoms with van der Waals surface area (Å²) in [5, 5.41) is 12.6. The Hall–Kier alpha value is -5.04. The van der Waals surface area contributed by atoms with E-state index in [4.69, 9.17) is 19.3 Å². The minimum absolute atomic E-state index is 0.0120. The van der Waals surface area contributed by atoms with Crippen LogP contribution >= 0.6 is 0 Å². The van der Waals surface area contributed by atoms with Crippen molar-refractivity contribution in [2.75, 3.05) is 40.0 Å². The Morgan fingerprint density at radius 2 is 1.66 bits per heavy atom. The Morgan fingerprint density at radius 3 is 2.40 bits per heavy atom. The molecule has 10 nitrogen and oxygen atoms in total. The number of amides is 2. The highest BCUT2D eigenvalue weighted by atomic mass is 19.2. The quantitative estimate of drug-likeness (QED) is 0.133. The fourth-order valence-electron chi connectivity index (χ4n) is 7.03. The molecule has 6 rings (SSSR count). The number of fused-ring (bicyclic) bond motifs is 2. The second-order valence-corrected chi connectivity index (χ2v) is 13.6. The Morgan fingerprint density at radius 1 is 0.906 bits per heavy atom. The lowest BCUT2D eigenvalue weighted by atomic mass is 9.82. The summed E-state index contributed by atoms with van der Waals surface area (Å²) in [4.78, 5) is 42.5. The molecule has 0 radical (unpaired) electrons. The standard InChI is InChI=1S/C40H44F3N3O7/c1-51-29-6-2-7-30(22-29)52-20-18-46(28-14-15-28)40(50)37-31(21-27-23-45(24-34(37)44-27)35(47)8-3-9-36(48)49)26-12-10-25(11-13-26)5-4-19-53-39-33(42)17-16-32(41)38(39)43/h2,6-7,10-13,16-17,22,27-28,34,44H,3-5,8-9,14-15,18-21,23-24H2,1H3,(H,48,49)/t27-,34-/m1/s1. The summed E-state index contributed by atoms with van der Waals surface area (Å²) in [6.45, 7) is 1.37. The van der Waals surface area contributed by atoms with Crippen LogP contribution in [-0.4, -0.2) is 90.8 Å². The van der Waals surface area contributed by atoms with Crippen LogP contribution in [0.5, 0.6) is 17.2 Å². The van der Waals surface area contributed by atoms with E-state index < -0.39 is 35.2 Å². The number of halogens is 3. The SMILES string of the molecule is COc1cccc(OCCN(C(=O)C2=C(c3ccc(CCCOc4c(F)ccc(F)c4F)cc3)C[C@@H]3CN(C(=O)CCCC(=O)O)C[C@H]2N3)C2CC2)c1. The van der Waals surface area contributed by atoms with Gasteiger partial charge < -0.3 is 34.4 Å². The summed E-state index contributed by atoms with van der Waals surface area (Å²) in [5.41, 5.74) is 3.36. The van der Waals surface area contributed by atoms with E-state index in [1.807, 2.05) is 47.4 Å². The van der Waals surface area contributed by atoms with Gasteiger partial charge in [0.1, 0.15) is 18.1 Å². The van der Waals surface area contributed by atoms with Gasteiger partial charge in [0, 0.05) is 49.7 Å². The van der Waals surface area contributed by atoms with Crippen molar-refractivity contribution in [1.82, 2.24) is 15.1 Å². The van der Waals surface area contributed by atoms with E-state index in [-0.39, 0.29) is 62.9 Å². The molecule has 2 amide bonds. The zero-order valence-electron chi connectivity index (χ0n) is 29.6. The zero-order valence-corrected chi connectivity index (χ0v) is 29.6. The predicted molar refractivity (Wildman–Crippen MR) is 190 cm³/mol. The van der Waals surface area contributed by atoms with Crippen LogP contribution in [0, 0.1) is 17.5 Å². The highest BCUT2D eigenvalue weighted by Gasteiger charge is 2.43. The van der Waals surface area contributed by atoms with Crippen molar-refractivity contribution < 1.29 is 46.9 Å². The van der Waals surface area contributed by atoms with Gasteiger partial charge >= 0.3 is 5.97 Å². The maximum absolute atomic E-state index is 14.7. The van der Waals surface area contributed by atoms with Crippen molar-refractivity contribution in [2.45, 2.75) is 69.5 Å². The molecule has 1 saturated carbocycles. The third kappa shape index (κ3) is 9.50. The molecule has 0 aromatic heterocycles. The minimum Gasteiger partial charge on any atom is -0.497 e. The molecule has 2 N–H and O–H groups in total. The smallest absolute Gasteiger partial charge is 0.303 e. The highest BCUT2D eigenvalue weighted by molar-refractivity contribution is 6.03. The molecule has 2 aliphatic heterocycles. The van der Waals surface area contributed by atoms with E-state index in [0.717, 1.165) is 35.6 Å². The number of carboxylic acids is 1. The fraction of sp³-hybridized carbons (Fsp3) is 0.425. The van der Waals surface area contributed by atoms with Gasteiger partial charge in [0.05, 0.1) is 26.3 Å². The molecule has 13 heteroatoms. The molecule has 2 bridgehead atoms. The molecular formula is C40H44F3N3O7. The van der Waals surface area contributed by atoms with Crippen molar-refractivity contribution in [3.8, 4) is 17.2 Å². The molecular weight excluding hydrogens is 691 g/mol. The maximum Gasteiger partial charge on any atom is 0.303 e. The van der Waals surface area contributed by atoms with E-state index >= 15 is 0 Å². The van der Waals surface area contributed by atoms with Crippen LogP contribution in [-0.2, 0) is 20.8 Å². The van der Waals surface area contributed by atoms with Crippen LogP contribution in [0.1, 0.15) is 56.1 Å². The first kappa shape index (κ1) is 37.7. The van der Waals surface area contributed by atoms with Crippen LogP contribution < -0.4 is 19.5 Å². The number of methoxy groups -OCH3 is 1. The molecule has 3 aromatic rings. The normalized spacial score (nSPS) is 18.1. The second-order valence-electron chi connectivity index (χ2n) is 13.6. The number of aryl methyl sites for hydroxylation is 1. The molecule has 0 spiro atoms. The van der Waals surface area contributed by atoms with Crippen LogP contribution in [0.25, 0.3) is 5.57 Å². The Labute approximate surface area is 306 Å². The summed E-state index contributed by atoms with van der Waals surface area (Å²) < 4.78 is 58.0. The van der Waals surface area contributed by atoms with Gasteiger partial charge in [0.25, 0.3) is 5.91 Å². The van der Waals surface area contributed by atoms with Gasteiger partial charge in [-0.05, 0) is 79.5 Å². The van der Waals surface area contributed by atoms with E-state index in [0.29, 0.717) is 55.5 Å². The number of nitrogens with zero attached hydrogens (tertiary/aromatic N) is 2. The molecule has 1 saturated heterocycles. The average molecular weight is 736 g/mol. The van der Waals surface area contributed by atoms with E-state index in [2.05, 4.69) is 5.32 Å². The molecule has 3 aliphatic rings. The number of carbonyl (C=O) groups is 3. The summed E-state index contributed by atoms with van der Waals surface area (Å²) >= 11 is 0. The van der Waals surface area contributed by atoms with E-state index in [1.54, 1.807) is 18.1 Å². The lowest BCUT2D eigenvalue weighted by Gasteiger charge is -2.45. The van der Waals surface area contributed by atoms with Crippen molar-refractivity contribution in [3.63, 3.8) is 0 Å². The first-order valence-corrected chi connectivity index (χ1v) is 18.0. The van der Waals surface area contributed by atoms with Crippen LogP contribution in [0.2, 0.25) is 0 Å². The summed E-state index contributed by atoms with van der Waals surface area (Å²) in [7, 11) is 1.59. The number of nitrogens with one attached hydrogen (secondary N) is 1. The Bertz CT molecular complexity index is 1830. The fourth-order valence-corrected chi connectivity index (χ4v) is 7.03. The lowest BCUT2D eigenvalue weighted by Crippen LogP contribution is -2.62. The number of aliphatic carboxylic acids is 1. The van der Waals surface area contributed by atoms with E-state index in [9.17, 15) is 27.6 Å². The predicted octanol–water partition coefficient (Wildman–Crippen LogP) is 5.78. The number of piperazine rings is 1. The minimum atomic E-state index is -1.35. The molecule has 2 fully saturated rings. The summed E-state index contributed by atoms with van der Waals surface area (Å²) in [5.74, 6) is -4.09. The number of benzene rings is 3. The van der Waals surface area contributed by atoms with Crippen LogP contribution in [0.15, 0.2) is 66.2 Å². The van der Waals surface area contributed by atoms with Gasteiger partial charge in [-0.25, -0.2) is 8.78 Å². The van der Waals surface area contributed by atoms with Crippen LogP contribution in [0.4, 0.5) is 13.2 Å². The first-order valence-electron chi connectivity index (χ1n) is 18.0. The van der Waals surface area contributed by atoms with Gasteiger partial charge in [-0.2, -0.15) is 4.39 Å². The van der Waals surface area contributed by atoms with E-state index in [1.165, 1.54) is 0 Å². The molecule has 3 aromatic carbocycles. The largest absolute Gasteiger partial charge is 0.497 e. The molecule has 53 heavy (non-hydrogen) atoms. The number of ether oxygens (including phenoxy) is 3. The average Bonchev–Trinajstić information content (AvgIpc) is 4.00. The van der Waals surface area contributed by atoms with Crippen molar-refractivity contribution in [2.24, 2.45) is 0 Å². The number of carboxylic acid groups (broad SMARTS) is 1. The third-order valence-electron chi connectivity index (χ3n) is 9.82. The molecule has 0 unspecified atom stereocenters. The molecule has 1 aliphatic carbocycles. The number of hydrogen-bond donors (Lipinski definition) is 2. The second kappa shape index (κ2) is 17.2. The van der Waals surface area contributed by atoms with Gasteiger partial charge in [-0.15, -0.1) is 0 Å². The Balaban J connectivity index is 1.19. The van der Waals surface area contributed by atoms with Gasteiger partial charge in [0.2, 0.25) is 11.7 Å². The monoisotopic (exact) mass is 735 g/mol. The van der Waals surface area contributed by atoms with Crippen molar-refractivity contribution in [1.29, 1.82) is 0 Å². The molecule has 282 valence electrons. The maximum atomic E-state index is 14.7. The number of carbonyl (C=O) groups excluding carboxylic acids is 2. The summed E-state index contributed by atoms with van der Waals surface area (Å²) in [6.07, 6.45) is 3.55. The summed E-state index contributed by atoms with van der Waals surface area (Å²) in [6, 6.07) is 16.2. The zero-order chi connectivity index (χ0) is 37.5. The van der Waals surface area contributed by atoms with Gasteiger partial charge in [-0.3, -0.25) is 14.4 Å². The van der Waals surface area contributed by atoms with Gasteiger partial charge in [0.15, 0.2) is 17.4 Å². The topological polar surface area (TPSA) is 118 Å². The first-order chi connectivity index (χ1) is 25.6. The number of hydrogen-bond acceptors (Lipinski definition) is 7. The molecule has 2 heterocycles. The van der Waals surface area contributed by atoms with Gasteiger partial charge in [-0.1, -0.05) is 30.3 Å². The highest BCUT2D eigenvalue weighted by Crippen LogP contribution is 2.37. The lowest BCUT2D eigenvalue weighted by molar-refractivity contribution is -0.138. The molecule has 2 atom stereocenters. The Kier molecular flexibility index (Phi) is 12.2. The number of rotatable bonds is 17. The van der Waals surface area contributed by atoms with Crippen molar-refractivity contribution in [3.05, 3.63) is 94.8 Å². The third-order valence-corrected chi connectivity index (χ3v) is 9.82.